The molecule has 4 rings (SSSR count). The summed E-state index contributed by atoms with van der Waals surface area (Å²) >= 11 is 0. The number of aromatic nitrogens is 2. The second-order valence-corrected chi connectivity index (χ2v) is 7.55. The van der Waals surface area contributed by atoms with E-state index in [1.54, 1.807) is 0 Å². The lowest BCUT2D eigenvalue weighted by molar-refractivity contribution is -0.0402. The molecule has 1 aromatic heterocycles. The lowest BCUT2D eigenvalue weighted by atomic mass is 9.98. The van der Waals surface area contributed by atoms with E-state index in [2.05, 4.69) is 25.1 Å². The van der Waals surface area contributed by atoms with E-state index in [0.717, 1.165) is 58.7 Å². The predicted molar refractivity (Wildman–Crippen MR) is 95.4 cm³/mol. The molecular weight excluding hydrogens is 318 g/mol. The van der Waals surface area contributed by atoms with E-state index in [9.17, 15) is 5.11 Å². The standard InChI is InChI=1S/C18H29N5O2/c24-16-12-23(13-16)15-3-5-22(6-4-15)11-14-8-19-18(20-9-14)21-10-17-2-1-7-25-17/h8-9,15-17,24H,1-7,10-13H2,(H,19,20,21). The molecule has 7 nitrogen and oxygen atoms in total. The van der Waals surface area contributed by atoms with Gasteiger partial charge in [-0.1, -0.05) is 0 Å². The molecule has 4 heterocycles. The van der Waals surface area contributed by atoms with Gasteiger partial charge in [-0.25, -0.2) is 9.97 Å². The molecule has 3 aliphatic heterocycles. The van der Waals surface area contributed by atoms with Crippen LogP contribution in [-0.4, -0.2) is 82.5 Å². The van der Waals surface area contributed by atoms with Crippen LogP contribution in [0.15, 0.2) is 12.4 Å². The molecule has 1 unspecified atom stereocenters. The summed E-state index contributed by atoms with van der Waals surface area (Å²) in [4.78, 5) is 13.8. The van der Waals surface area contributed by atoms with Gasteiger partial charge in [-0.05, 0) is 38.8 Å². The van der Waals surface area contributed by atoms with Crippen LogP contribution in [0.1, 0.15) is 31.2 Å². The first-order valence-electron chi connectivity index (χ1n) is 9.57. The molecule has 0 spiro atoms. The summed E-state index contributed by atoms with van der Waals surface area (Å²) in [5.74, 6) is 0.689. The molecule has 0 amide bonds. The van der Waals surface area contributed by atoms with E-state index in [-0.39, 0.29) is 6.10 Å². The smallest absolute Gasteiger partial charge is 0.222 e. The summed E-state index contributed by atoms with van der Waals surface area (Å²) in [6.07, 6.45) is 8.73. The van der Waals surface area contributed by atoms with Gasteiger partial charge >= 0.3 is 0 Å². The highest BCUT2D eigenvalue weighted by Crippen LogP contribution is 2.22. The summed E-state index contributed by atoms with van der Waals surface area (Å²) < 4.78 is 5.60. The lowest BCUT2D eigenvalue weighted by Gasteiger charge is -2.45. The Morgan fingerprint density at radius 1 is 1.16 bits per heavy atom. The number of piperidine rings is 1. The Morgan fingerprint density at radius 3 is 2.56 bits per heavy atom. The first-order valence-corrected chi connectivity index (χ1v) is 9.57. The molecule has 0 bridgehead atoms. The maximum atomic E-state index is 9.44. The Labute approximate surface area is 149 Å². The van der Waals surface area contributed by atoms with Crippen molar-refractivity contribution >= 4 is 5.95 Å². The minimum atomic E-state index is -0.0949. The Hall–Kier alpha value is -1.28. The van der Waals surface area contributed by atoms with Gasteiger partial charge in [0.15, 0.2) is 0 Å². The van der Waals surface area contributed by atoms with Gasteiger partial charge in [0.1, 0.15) is 0 Å². The van der Waals surface area contributed by atoms with Crippen molar-refractivity contribution in [3.63, 3.8) is 0 Å². The fourth-order valence-electron chi connectivity index (χ4n) is 4.03. The average Bonchev–Trinajstić information content (AvgIpc) is 3.13. The summed E-state index contributed by atoms with van der Waals surface area (Å²) in [7, 11) is 0. The summed E-state index contributed by atoms with van der Waals surface area (Å²) in [5, 5.41) is 12.7. The van der Waals surface area contributed by atoms with E-state index in [0.29, 0.717) is 18.1 Å². The number of hydrogen-bond donors (Lipinski definition) is 2. The molecule has 1 aromatic rings. The van der Waals surface area contributed by atoms with Crippen molar-refractivity contribution in [1.82, 2.24) is 19.8 Å². The molecule has 25 heavy (non-hydrogen) atoms. The van der Waals surface area contributed by atoms with E-state index in [1.165, 1.54) is 18.4 Å². The third-order valence-electron chi connectivity index (χ3n) is 5.59. The van der Waals surface area contributed by atoms with E-state index in [1.807, 2.05) is 12.4 Å². The summed E-state index contributed by atoms with van der Waals surface area (Å²) in [6.45, 7) is 6.52. The SMILES string of the molecule is OC1CN(C2CCN(Cc3cnc(NCC4CCCO4)nc3)CC2)C1. The summed E-state index contributed by atoms with van der Waals surface area (Å²) in [6, 6.07) is 0.653. The van der Waals surface area contributed by atoms with Crippen molar-refractivity contribution in [3.8, 4) is 0 Å². The van der Waals surface area contributed by atoms with Crippen LogP contribution in [0, 0.1) is 0 Å². The number of ether oxygens (including phenoxy) is 1. The Morgan fingerprint density at radius 2 is 1.92 bits per heavy atom. The van der Waals surface area contributed by atoms with E-state index >= 15 is 0 Å². The number of hydrogen-bond acceptors (Lipinski definition) is 7. The van der Waals surface area contributed by atoms with Crippen LogP contribution in [0.4, 0.5) is 5.95 Å². The molecule has 3 aliphatic rings. The fourth-order valence-corrected chi connectivity index (χ4v) is 4.03. The van der Waals surface area contributed by atoms with Crippen LogP contribution in [0.2, 0.25) is 0 Å². The maximum Gasteiger partial charge on any atom is 0.222 e. The minimum absolute atomic E-state index is 0.0949. The van der Waals surface area contributed by atoms with Gasteiger partial charge in [-0.3, -0.25) is 9.80 Å². The molecule has 0 aliphatic carbocycles. The van der Waals surface area contributed by atoms with Crippen LogP contribution in [0.5, 0.6) is 0 Å². The van der Waals surface area contributed by atoms with Crippen molar-refractivity contribution in [2.75, 3.05) is 44.6 Å². The van der Waals surface area contributed by atoms with Crippen LogP contribution >= 0.6 is 0 Å². The van der Waals surface area contributed by atoms with Crippen LogP contribution in [-0.2, 0) is 11.3 Å². The molecular formula is C18H29N5O2. The monoisotopic (exact) mass is 347 g/mol. The molecule has 7 heteroatoms. The van der Waals surface area contributed by atoms with Gasteiger partial charge in [0, 0.05) is 56.8 Å². The zero-order valence-electron chi connectivity index (χ0n) is 14.8. The van der Waals surface area contributed by atoms with Crippen LogP contribution < -0.4 is 5.32 Å². The molecule has 0 aromatic carbocycles. The quantitative estimate of drug-likeness (QED) is 0.785. The largest absolute Gasteiger partial charge is 0.390 e. The first-order chi connectivity index (χ1) is 12.3. The second kappa shape index (κ2) is 7.95. The number of aliphatic hydroxyl groups is 1. The minimum Gasteiger partial charge on any atom is -0.390 e. The van der Waals surface area contributed by atoms with Crippen molar-refractivity contribution in [1.29, 1.82) is 0 Å². The lowest BCUT2D eigenvalue weighted by Crippen LogP contribution is -2.57. The molecule has 3 saturated heterocycles. The van der Waals surface area contributed by atoms with Crippen molar-refractivity contribution < 1.29 is 9.84 Å². The van der Waals surface area contributed by atoms with Gasteiger partial charge in [-0.2, -0.15) is 0 Å². The number of β-amino-alcohol motifs (C(OH)–C–C–N with tert-alkyl or cyclic N) is 1. The topological polar surface area (TPSA) is 73.8 Å². The van der Waals surface area contributed by atoms with Gasteiger partial charge < -0.3 is 15.2 Å². The Kier molecular flexibility index (Phi) is 5.45. The normalized spacial score (nSPS) is 26.7. The van der Waals surface area contributed by atoms with Gasteiger partial charge in [0.2, 0.25) is 5.95 Å². The highest BCUT2D eigenvalue weighted by molar-refractivity contribution is 5.25. The average molecular weight is 347 g/mol. The molecule has 0 saturated carbocycles. The second-order valence-electron chi connectivity index (χ2n) is 7.55. The number of nitrogens with one attached hydrogen (secondary N) is 1. The molecule has 138 valence electrons. The molecule has 3 fully saturated rings. The number of anilines is 1. The maximum absolute atomic E-state index is 9.44. The van der Waals surface area contributed by atoms with Gasteiger partial charge in [-0.15, -0.1) is 0 Å². The van der Waals surface area contributed by atoms with Gasteiger partial charge in [0.25, 0.3) is 0 Å². The highest BCUT2D eigenvalue weighted by Gasteiger charge is 2.32. The Bertz CT molecular complexity index is 535. The number of nitrogens with zero attached hydrogens (tertiary/aromatic N) is 4. The molecule has 1 atom stereocenters. The molecule has 0 radical (unpaired) electrons. The number of rotatable bonds is 6. The first kappa shape index (κ1) is 17.1. The van der Waals surface area contributed by atoms with E-state index in [4.69, 9.17) is 4.74 Å². The highest BCUT2D eigenvalue weighted by atomic mass is 16.5. The Balaban J connectivity index is 1.19. The van der Waals surface area contributed by atoms with Crippen molar-refractivity contribution in [2.24, 2.45) is 0 Å². The predicted octanol–water partition coefficient (Wildman–Crippen LogP) is 0.708. The summed E-state index contributed by atoms with van der Waals surface area (Å²) in [5.41, 5.74) is 1.17. The number of likely N-dealkylation sites (tertiary alicyclic amines) is 2. The fraction of sp³-hybridized carbons (Fsp3) is 0.778. The van der Waals surface area contributed by atoms with Crippen LogP contribution in [0.3, 0.4) is 0 Å². The van der Waals surface area contributed by atoms with E-state index < -0.39 is 0 Å². The zero-order valence-corrected chi connectivity index (χ0v) is 14.8. The van der Waals surface area contributed by atoms with Crippen molar-refractivity contribution in [3.05, 3.63) is 18.0 Å². The third kappa shape index (κ3) is 4.47. The van der Waals surface area contributed by atoms with Gasteiger partial charge in [0.05, 0.1) is 12.2 Å². The number of aliphatic hydroxyl groups excluding tert-OH is 1. The van der Waals surface area contributed by atoms with Crippen LogP contribution in [0.25, 0.3) is 0 Å². The van der Waals surface area contributed by atoms with Crippen molar-refractivity contribution in [2.45, 2.75) is 50.5 Å². The molecule has 2 N–H and O–H groups in total. The zero-order chi connectivity index (χ0) is 17.1. The third-order valence-corrected chi connectivity index (χ3v) is 5.59.